The molecule has 0 aliphatic rings. The molecule has 1 aromatic carbocycles. The summed E-state index contributed by atoms with van der Waals surface area (Å²) in [6.07, 6.45) is 0. The molecule has 0 aromatic heterocycles. The van der Waals surface area contributed by atoms with E-state index in [1.807, 2.05) is 38.1 Å². The molecule has 1 N–H and O–H groups in total. The third-order valence-corrected chi connectivity index (χ3v) is 2.58. The van der Waals surface area contributed by atoms with E-state index in [1.165, 1.54) is 3.57 Å². The van der Waals surface area contributed by atoms with Crippen LogP contribution < -0.4 is 5.32 Å². The van der Waals surface area contributed by atoms with Crippen LogP contribution in [-0.4, -0.2) is 19.1 Å². The largest absolute Gasteiger partial charge is 0.464 e. The van der Waals surface area contributed by atoms with E-state index in [4.69, 9.17) is 4.74 Å². The zero-order chi connectivity index (χ0) is 12.0. The molecule has 0 aliphatic heterocycles. The van der Waals surface area contributed by atoms with Crippen molar-refractivity contribution in [1.29, 1.82) is 0 Å². The Kier molecular flexibility index (Phi) is 5.59. The van der Waals surface area contributed by atoms with Crippen molar-refractivity contribution in [2.45, 2.75) is 13.8 Å². The van der Waals surface area contributed by atoms with Gasteiger partial charge in [0, 0.05) is 9.26 Å². The minimum atomic E-state index is -0.216. The number of hydrogen-bond donors (Lipinski definition) is 1. The number of esters is 1. The van der Waals surface area contributed by atoms with Gasteiger partial charge in [-0.25, -0.2) is 0 Å². The summed E-state index contributed by atoms with van der Waals surface area (Å²) >= 11 is 2.24. The number of hydrogen-bond acceptors (Lipinski definition) is 3. The molecular formula is C12H16INO2. The smallest absolute Gasteiger partial charge is 0.325 e. The summed E-state index contributed by atoms with van der Waals surface area (Å²) in [7, 11) is 0. The van der Waals surface area contributed by atoms with Gasteiger partial charge in [-0.2, -0.15) is 0 Å². The lowest BCUT2D eigenvalue weighted by molar-refractivity contribution is -0.142. The zero-order valence-corrected chi connectivity index (χ0v) is 11.7. The van der Waals surface area contributed by atoms with Crippen molar-refractivity contribution < 1.29 is 9.53 Å². The Bertz CT molecular complexity index is 335. The molecule has 0 amide bonds. The van der Waals surface area contributed by atoms with Crippen LogP contribution in [0.5, 0.6) is 0 Å². The highest BCUT2D eigenvalue weighted by atomic mass is 127. The van der Waals surface area contributed by atoms with Crippen LogP contribution in [0.25, 0.3) is 0 Å². The molecule has 4 heteroatoms. The Labute approximate surface area is 110 Å². The van der Waals surface area contributed by atoms with Crippen molar-refractivity contribution in [3.63, 3.8) is 0 Å². The van der Waals surface area contributed by atoms with Crippen LogP contribution in [0.4, 0.5) is 5.69 Å². The van der Waals surface area contributed by atoms with Crippen molar-refractivity contribution in [2.24, 2.45) is 5.92 Å². The summed E-state index contributed by atoms with van der Waals surface area (Å²) in [5.74, 6) is 0.162. The first-order valence-electron chi connectivity index (χ1n) is 5.23. The third-order valence-electron chi connectivity index (χ3n) is 1.86. The van der Waals surface area contributed by atoms with Crippen LogP contribution >= 0.6 is 22.6 Å². The fourth-order valence-electron chi connectivity index (χ4n) is 1.05. The Balaban J connectivity index is 2.29. The molecule has 0 aliphatic carbocycles. The number of benzene rings is 1. The minimum absolute atomic E-state index is 0.216. The molecule has 0 fully saturated rings. The summed E-state index contributed by atoms with van der Waals surface area (Å²) in [4.78, 5) is 11.3. The van der Waals surface area contributed by atoms with Crippen LogP contribution in [-0.2, 0) is 9.53 Å². The van der Waals surface area contributed by atoms with E-state index in [1.54, 1.807) is 0 Å². The average molecular weight is 333 g/mol. The number of carbonyl (C=O) groups excluding carboxylic acids is 1. The number of halogens is 1. The summed E-state index contributed by atoms with van der Waals surface area (Å²) in [5, 5.41) is 3.02. The van der Waals surface area contributed by atoms with Crippen LogP contribution in [0.3, 0.4) is 0 Å². The van der Waals surface area contributed by atoms with Gasteiger partial charge in [-0.1, -0.05) is 13.8 Å². The predicted molar refractivity (Wildman–Crippen MR) is 73.4 cm³/mol. The monoisotopic (exact) mass is 333 g/mol. The molecule has 0 heterocycles. The molecule has 0 bridgehead atoms. The Morgan fingerprint density at radius 1 is 1.38 bits per heavy atom. The van der Waals surface area contributed by atoms with Gasteiger partial charge in [0.1, 0.15) is 6.54 Å². The van der Waals surface area contributed by atoms with Gasteiger partial charge in [-0.3, -0.25) is 4.79 Å². The van der Waals surface area contributed by atoms with Gasteiger partial charge in [0.25, 0.3) is 0 Å². The van der Waals surface area contributed by atoms with Crippen LogP contribution in [0.1, 0.15) is 13.8 Å². The molecule has 0 unspecified atom stereocenters. The topological polar surface area (TPSA) is 38.3 Å². The molecule has 3 nitrogen and oxygen atoms in total. The van der Waals surface area contributed by atoms with Crippen molar-refractivity contribution in [3.05, 3.63) is 27.8 Å². The molecule has 0 spiro atoms. The molecule has 1 aromatic rings. The second-order valence-corrected chi connectivity index (χ2v) is 5.18. The van der Waals surface area contributed by atoms with Gasteiger partial charge in [-0.05, 0) is 52.8 Å². The second kappa shape index (κ2) is 6.73. The molecule has 0 saturated carbocycles. The van der Waals surface area contributed by atoms with Crippen LogP contribution in [0.2, 0.25) is 0 Å². The normalized spacial score (nSPS) is 10.2. The van der Waals surface area contributed by atoms with E-state index in [9.17, 15) is 4.79 Å². The quantitative estimate of drug-likeness (QED) is 0.665. The van der Waals surface area contributed by atoms with Crippen LogP contribution in [0, 0.1) is 9.49 Å². The highest BCUT2D eigenvalue weighted by Crippen LogP contribution is 2.10. The fraction of sp³-hybridized carbons (Fsp3) is 0.417. The Morgan fingerprint density at radius 2 is 2.00 bits per heavy atom. The molecule has 1 rings (SSSR count). The lowest BCUT2D eigenvalue weighted by atomic mass is 10.2. The molecule has 88 valence electrons. The van der Waals surface area contributed by atoms with Gasteiger partial charge < -0.3 is 10.1 Å². The van der Waals surface area contributed by atoms with Gasteiger partial charge in [0.15, 0.2) is 0 Å². The lowest BCUT2D eigenvalue weighted by Crippen LogP contribution is -2.18. The average Bonchev–Trinajstić information content (AvgIpc) is 2.25. The first kappa shape index (κ1) is 13.3. The number of anilines is 1. The summed E-state index contributed by atoms with van der Waals surface area (Å²) < 4.78 is 6.22. The van der Waals surface area contributed by atoms with Crippen molar-refractivity contribution >= 4 is 34.2 Å². The molecule has 16 heavy (non-hydrogen) atoms. The zero-order valence-electron chi connectivity index (χ0n) is 9.50. The maximum Gasteiger partial charge on any atom is 0.325 e. The number of rotatable bonds is 5. The van der Waals surface area contributed by atoms with Crippen molar-refractivity contribution in [3.8, 4) is 0 Å². The fourth-order valence-corrected chi connectivity index (χ4v) is 1.41. The summed E-state index contributed by atoms with van der Waals surface area (Å²) in [6, 6.07) is 7.86. The van der Waals surface area contributed by atoms with E-state index in [0.29, 0.717) is 12.5 Å². The highest BCUT2D eigenvalue weighted by molar-refractivity contribution is 14.1. The van der Waals surface area contributed by atoms with Gasteiger partial charge in [-0.15, -0.1) is 0 Å². The molecule has 0 saturated heterocycles. The van der Waals surface area contributed by atoms with Gasteiger partial charge in [0.2, 0.25) is 0 Å². The SMILES string of the molecule is CC(C)COC(=O)CNc1ccc(I)cc1. The molecule has 0 atom stereocenters. The van der Waals surface area contributed by atoms with Crippen molar-refractivity contribution in [1.82, 2.24) is 0 Å². The maximum absolute atomic E-state index is 11.3. The number of ether oxygens (including phenoxy) is 1. The van der Waals surface area contributed by atoms with E-state index in [2.05, 4.69) is 27.9 Å². The second-order valence-electron chi connectivity index (χ2n) is 3.94. The van der Waals surface area contributed by atoms with E-state index in [0.717, 1.165) is 5.69 Å². The number of nitrogens with one attached hydrogen (secondary N) is 1. The van der Waals surface area contributed by atoms with E-state index >= 15 is 0 Å². The van der Waals surface area contributed by atoms with Crippen LogP contribution in [0.15, 0.2) is 24.3 Å². The molecule has 0 radical (unpaired) electrons. The highest BCUT2D eigenvalue weighted by Gasteiger charge is 2.03. The lowest BCUT2D eigenvalue weighted by Gasteiger charge is -2.08. The minimum Gasteiger partial charge on any atom is -0.464 e. The number of carbonyl (C=O) groups is 1. The van der Waals surface area contributed by atoms with Gasteiger partial charge in [0.05, 0.1) is 6.61 Å². The first-order chi connectivity index (χ1) is 7.58. The maximum atomic E-state index is 11.3. The molecular weight excluding hydrogens is 317 g/mol. The van der Waals surface area contributed by atoms with E-state index in [-0.39, 0.29) is 12.5 Å². The summed E-state index contributed by atoms with van der Waals surface area (Å²) in [6.45, 7) is 4.72. The van der Waals surface area contributed by atoms with Gasteiger partial charge >= 0.3 is 5.97 Å². The predicted octanol–water partition coefficient (Wildman–Crippen LogP) is 2.90. The standard InChI is InChI=1S/C12H16INO2/c1-9(2)8-16-12(15)7-14-11-5-3-10(13)4-6-11/h3-6,9,14H,7-8H2,1-2H3. The summed E-state index contributed by atoms with van der Waals surface area (Å²) in [5.41, 5.74) is 0.932. The van der Waals surface area contributed by atoms with E-state index < -0.39 is 0 Å². The third kappa shape index (κ3) is 5.34. The Morgan fingerprint density at radius 3 is 2.56 bits per heavy atom. The first-order valence-corrected chi connectivity index (χ1v) is 6.31. The Hall–Kier alpha value is -0.780. The van der Waals surface area contributed by atoms with Crippen molar-refractivity contribution in [2.75, 3.05) is 18.5 Å².